The smallest absolute Gasteiger partial charge is 0.339 e. The van der Waals surface area contributed by atoms with Crippen molar-refractivity contribution in [2.45, 2.75) is 32.2 Å². The van der Waals surface area contributed by atoms with Gasteiger partial charge in [0.1, 0.15) is 17.9 Å². The molecule has 7 heteroatoms. The Morgan fingerprint density at radius 2 is 1.91 bits per heavy atom. The highest BCUT2D eigenvalue weighted by Gasteiger charge is 2.24. The van der Waals surface area contributed by atoms with Gasteiger partial charge in [0.25, 0.3) is 0 Å². The number of halogens is 1. The Kier molecular flexibility index (Phi) is 7.91. The normalized spacial score (nSPS) is 15.2. The van der Waals surface area contributed by atoms with Crippen molar-refractivity contribution in [1.29, 1.82) is 0 Å². The fourth-order valence-electron chi connectivity index (χ4n) is 4.64. The van der Waals surface area contributed by atoms with E-state index in [1.807, 2.05) is 13.0 Å². The molecule has 2 heterocycles. The standard InChI is InChI=1S/C26H31ClN2O4/c1-2-32-15-14-29-18-23(22-17-20(27)7-8-24(22)29)19-9-11-28(12-10-19)13-16-33-25-6-4-3-5-21(25)26(30)31/h3-8,17-19H,2,9-16H2,1H3,(H,30,31). The predicted octanol–water partition coefficient (Wildman–Crippen LogP) is 5.29. The summed E-state index contributed by atoms with van der Waals surface area (Å²) in [5, 5.41) is 11.3. The van der Waals surface area contributed by atoms with Gasteiger partial charge in [-0.15, -0.1) is 0 Å². The number of hydrogen-bond donors (Lipinski definition) is 1. The summed E-state index contributed by atoms with van der Waals surface area (Å²) in [5.74, 6) is -0.0484. The van der Waals surface area contributed by atoms with E-state index < -0.39 is 5.97 Å². The van der Waals surface area contributed by atoms with Crippen molar-refractivity contribution >= 4 is 28.5 Å². The Bertz CT molecular complexity index is 1090. The van der Waals surface area contributed by atoms with Crippen LogP contribution >= 0.6 is 11.6 Å². The number of ether oxygens (including phenoxy) is 2. The molecular formula is C26H31ClN2O4. The van der Waals surface area contributed by atoms with E-state index in [4.69, 9.17) is 21.1 Å². The van der Waals surface area contributed by atoms with Crippen molar-refractivity contribution in [1.82, 2.24) is 9.47 Å². The number of carboxylic acids is 1. The third-order valence-corrected chi connectivity index (χ3v) is 6.60. The first-order valence-corrected chi connectivity index (χ1v) is 12.0. The molecule has 6 nitrogen and oxygen atoms in total. The highest BCUT2D eigenvalue weighted by atomic mass is 35.5. The third kappa shape index (κ3) is 5.69. The number of fused-ring (bicyclic) bond motifs is 1. The molecule has 0 amide bonds. The van der Waals surface area contributed by atoms with Crippen LogP contribution in [0.5, 0.6) is 5.75 Å². The molecule has 1 aliphatic rings. The first kappa shape index (κ1) is 23.6. The van der Waals surface area contributed by atoms with E-state index >= 15 is 0 Å². The minimum absolute atomic E-state index is 0.204. The fraction of sp³-hybridized carbons (Fsp3) is 0.423. The quantitative estimate of drug-likeness (QED) is 0.408. The summed E-state index contributed by atoms with van der Waals surface area (Å²) in [6.07, 6.45) is 4.43. The van der Waals surface area contributed by atoms with Gasteiger partial charge in [0.2, 0.25) is 0 Å². The first-order chi connectivity index (χ1) is 16.1. The molecule has 0 atom stereocenters. The number of nitrogens with zero attached hydrogens (tertiary/aromatic N) is 2. The molecule has 3 aromatic rings. The molecule has 2 aromatic carbocycles. The molecule has 0 saturated carbocycles. The molecule has 176 valence electrons. The van der Waals surface area contributed by atoms with Gasteiger partial charge in [-0.25, -0.2) is 4.79 Å². The summed E-state index contributed by atoms with van der Waals surface area (Å²) in [5.41, 5.74) is 2.79. The van der Waals surface area contributed by atoms with Gasteiger partial charge in [-0.1, -0.05) is 23.7 Å². The summed E-state index contributed by atoms with van der Waals surface area (Å²) in [6.45, 7) is 7.50. The molecule has 0 unspecified atom stereocenters. The number of aromatic carboxylic acids is 1. The Morgan fingerprint density at radius 3 is 2.67 bits per heavy atom. The Hall–Kier alpha value is -2.54. The molecule has 1 fully saturated rings. The molecule has 0 bridgehead atoms. The number of likely N-dealkylation sites (tertiary alicyclic amines) is 1. The monoisotopic (exact) mass is 470 g/mol. The van der Waals surface area contributed by atoms with E-state index in [9.17, 15) is 9.90 Å². The Labute approximate surface area is 199 Å². The second-order valence-corrected chi connectivity index (χ2v) is 8.84. The van der Waals surface area contributed by atoms with Gasteiger partial charge in [-0.2, -0.15) is 0 Å². The highest BCUT2D eigenvalue weighted by Crippen LogP contribution is 2.35. The summed E-state index contributed by atoms with van der Waals surface area (Å²) >= 11 is 6.33. The van der Waals surface area contributed by atoms with Crippen molar-refractivity contribution in [2.24, 2.45) is 0 Å². The number of carboxylic acid groups (broad SMARTS) is 1. The lowest BCUT2D eigenvalue weighted by Crippen LogP contribution is -2.35. The summed E-state index contributed by atoms with van der Waals surface area (Å²) in [4.78, 5) is 13.7. The van der Waals surface area contributed by atoms with Crippen molar-refractivity contribution in [3.05, 3.63) is 64.8 Å². The van der Waals surface area contributed by atoms with Gasteiger partial charge in [0.05, 0.1) is 6.61 Å². The van der Waals surface area contributed by atoms with Crippen LogP contribution in [0.4, 0.5) is 0 Å². The van der Waals surface area contributed by atoms with E-state index in [0.29, 0.717) is 24.9 Å². The van der Waals surface area contributed by atoms with Gasteiger partial charge in [-0.3, -0.25) is 4.90 Å². The summed E-state index contributed by atoms with van der Waals surface area (Å²) in [7, 11) is 0. The number of benzene rings is 2. The van der Waals surface area contributed by atoms with E-state index in [1.165, 1.54) is 16.5 Å². The summed E-state index contributed by atoms with van der Waals surface area (Å²) < 4.78 is 13.6. The maximum absolute atomic E-state index is 11.3. The van der Waals surface area contributed by atoms with E-state index in [-0.39, 0.29) is 5.56 Å². The lowest BCUT2D eigenvalue weighted by atomic mass is 9.89. The van der Waals surface area contributed by atoms with Crippen LogP contribution in [0.15, 0.2) is 48.7 Å². The van der Waals surface area contributed by atoms with Gasteiger partial charge in [0, 0.05) is 41.8 Å². The van der Waals surface area contributed by atoms with Crippen molar-refractivity contribution < 1.29 is 19.4 Å². The number of piperidine rings is 1. The number of hydrogen-bond acceptors (Lipinski definition) is 4. The molecule has 0 aliphatic carbocycles. The maximum Gasteiger partial charge on any atom is 0.339 e. The zero-order chi connectivity index (χ0) is 23.2. The Balaban J connectivity index is 1.36. The largest absolute Gasteiger partial charge is 0.491 e. The minimum Gasteiger partial charge on any atom is -0.491 e. The average molecular weight is 471 g/mol. The van der Waals surface area contributed by atoms with Crippen LogP contribution in [-0.2, 0) is 11.3 Å². The van der Waals surface area contributed by atoms with Gasteiger partial charge >= 0.3 is 5.97 Å². The van der Waals surface area contributed by atoms with Crippen molar-refractivity contribution in [2.75, 3.05) is 39.5 Å². The van der Waals surface area contributed by atoms with Crippen molar-refractivity contribution in [3.63, 3.8) is 0 Å². The fourth-order valence-corrected chi connectivity index (χ4v) is 4.81. The Morgan fingerprint density at radius 1 is 1.12 bits per heavy atom. The van der Waals surface area contributed by atoms with Gasteiger partial charge in [-0.05, 0) is 74.7 Å². The highest BCUT2D eigenvalue weighted by molar-refractivity contribution is 6.31. The number of rotatable bonds is 10. The molecule has 4 rings (SSSR count). The molecular weight excluding hydrogens is 440 g/mol. The van der Waals surface area contributed by atoms with Crippen LogP contribution < -0.4 is 4.74 Å². The van der Waals surface area contributed by atoms with Crippen LogP contribution in [0.3, 0.4) is 0 Å². The first-order valence-electron chi connectivity index (χ1n) is 11.6. The van der Waals surface area contributed by atoms with E-state index in [2.05, 4.69) is 27.8 Å². The van der Waals surface area contributed by atoms with Crippen LogP contribution in [0.1, 0.15) is 41.6 Å². The zero-order valence-corrected chi connectivity index (χ0v) is 19.8. The molecule has 1 N–H and O–H groups in total. The van der Waals surface area contributed by atoms with Crippen LogP contribution in [-0.4, -0.2) is 60.0 Å². The van der Waals surface area contributed by atoms with E-state index in [1.54, 1.807) is 24.3 Å². The van der Waals surface area contributed by atoms with Gasteiger partial charge in [0.15, 0.2) is 0 Å². The number of para-hydroxylation sites is 1. The van der Waals surface area contributed by atoms with Crippen LogP contribution in [0.25, 0.3) is 10.9 Å². The predicted molar refractivity (Wildman–Crippen MR) is 131 cm³/mol. The minimum atomic E-state index is -0.966. The van der Waals surface area contributed by atoms with Gasteiger partial charge < -0.3 is 19.1 Å². The maximum atomic E-state index is 11.3. The topological polar surface area (TPSA) is 63.9 Å². The van der Waals surface area contributed by atoms with Crippen LogP contribution in [0, 0.1) is 0 Å². The molecule has 0 spiro atoms. The lowest BCUT2D eigenvalue weighted by Gasteiger charge is -2.31. The lowest BCUT2D eigenvalue weighted by molar-refractivity contribution is 0.0691. The summed E-state index contributed by atoms with van der Waals surface area (Å²) in [6, 6.07) is 12.9. The molecule has 0 radical (unpaired) electrons. The van der Waals surface area contributed by atoms with E-state index in [0.717, 1.165) is 50.7 Å². The third-order valence-electron chi connectivity index (χ3n) is 6.36. The van der Waals surface area contributed by atoms with Crippen molar-refractivity contribution in [3.8, 4) is 5.75 Å². The second kappa shape index (κ2) is 11.1. The zero-order valence-electron chi connectivity index (χ0n) is 19.0. The molecule has 33 heavy (non-hydrogen) atoms. The second-order valence-electron chi connectivity index (χ2n) is 8.40. The van der Waals surface area contributed by atoms with Crippen LogP contribution in [0.2, 0.25) is 5.02 Å². The SMILES string of the molecule is CCOCCn1cc(C2CCN(CCOc3ccccc3C(=O)O)CC2)c2cc(Cl)ccc21. The number of carbonyl (C=O) groups is 1. The molecule has 1 saturated heterocycles. The molecule has 1 aromatic heterocycles. The molecule has 1 aliphatic heterocycles. The number of aromatic nitrogens is 1. The average Bonchev–Trinajstić information content (AvgIpc) is 3.17.